The summed E-state index contributed by atoms with van der Waals surface area (Å²) in [5.74, 6) is 3.18. The fraction of sp³-hybridized carbons (Fsp3) is 0.739. The Kier molecular flexibility index (Phi) is 3.15. The van der Waals surface area contributed by atoms with Crippen molar-refractivity contribution < 1.29 is 0 Å². The number of likely N-dealkylation sites (tertiary alicyclic amines) is 1. The normalized spacial score (nSPS) is 42.0. The van der Waals surface area contributed by atoms with Crippen molar-refractivity contribution in [2.75, 3.05) is 19.6 Å². The molecule has 3 nitrogen and oxygen atoms in total. The number of benzene rings is 1. The molecule has 0 N–H and O–H groups in total. The lowest BCUT2D eigenvalue weighted by molar-refractivity contribution is 0.0162. The molecule has 138 valence electrons. The van der Waals surface area contributed by atoms with E-state index in [4.69, 9.17) is 0 Å². The first-order chi connectivity index (χ1) is 12.6. The van der Waals surface area contributed by atoms with Gasteiger partial charge in [-0.3, -0.25) is 0 Å². The molecule has 1 heterocycles. The molecule has 0 bridgehead atoms. The van der Waals surface area contributed by atoms with Crippen LogP contribution in [-0.4, -0.2) is 24.5 Å². The first kappa shape index (κ1) is 15.8. The summed E-state index contributed by atoms with van der Waals surface area (Å²) in [6.45, 7) is 5.87. The first-order valence-electron chi connectivity index (χ1n) is 10.8. The fourth-order valence-corrected chi connectivity index (χ4v) is 7.77. The molecule has 5 atom stereocenters. The van der Waals surface area contributed by atoms with Crippen molar-refractivity contribution in [3.05, 3.63) is 39.8 Å². The van der Waals surface area contributed by atoms with Crippen LogP contribution in [0, 0.1) is 35.0 Å². The van der Waals surface area contributed by atoms with E-state index in [0.29, 0.717) is 0 Å². The van der Waals surface area contributed by atoms with Gasteiger partial charge in [0.05, 0.1) is 0 Å². The summed E-state index contributed by atoms with van der Waals surface area (Å²) in [4.78, 5) is 14.2. The van der Waals surface area contributed by atoms with E-state index >= 15 is 0 Å². The molecule has 0 amide bonds. The third-order valence-corrected chi connectivity index (χ3v) is 9.21. The van der Waals surface area contributed by atoms with Crippen molar-refractivity contribution in [2.45, 2.75) is 63.3 Å². The van der Waals surface area contributed by atoms with Gasteiger partial charge in [0.15, 0.2) is 0 Å². The first-order valence-corrected chi connectivity index (χ1v) is 10.8. The topological polar surface area (TPSA) is 32.7 Å². The molecule has 1 saturated heterocycles. The standard InChI is InChI=1S/C23H30N2O/c1-15-2-4-20-18(10-15)21(24-26)13-22(20)6-8-25(9-7-22)14-16-11-23-12-17(23)3-5-19(16)23/h2,4,10,16-17,19,21H,3,5-9,11-14H2,1H3/t16?,17-,19+,21?,23?/m0/s1. The SMILES string of the molecule is Cc1ccc2c(c1)C(N=O)CC21CCN(CC2CC34C[C@@H]3CC[C@H]24)CC1. The largest absolute Gasteiger partial charge is 0.303 e. The highest BCUT2D eigenvalue weighted by Gasteiger charge is 2.70. The van der Waals surface area contributed by atoms with Crippen molar-refractivity contribution in [2.24, 2.45) is 28.3 Å². The molecule has 0 aromatic heterocycles. The number of rotatable bonds is 3. The maximum Gasteiger partial charge on any atom is 0.118 e. The lowest BCUT2D eigenvalue weighted by atomic mass is 9.62. The Bertz CT molecular complexity index is 763. The molecule has 2 spiro atoms. The van der Waals surface area contributed by atoms with E-state index in [1.807, 2.05) is 0 Å². The summed E-state index contributed by atoms with van der Waals surface area (Å²) in [5.41, 5.74) is 4.98. The number of aryl methyl sites for hydroxylation is 1. The van der Waals surface area contributed by atoms with Gasteiger partial charge in [-0.25, -0.2) is 0 Å². The van der Waals surface area contributed by atoms with Crippen LogP contribution >= 0.6 is 0 Å². The van der Waals surface area contributed by atoms with Crippen molar-refractivity contribution in [1.29, 1.82) is 0 Å². The summed E-state index contributed by atoms with van der Waals surface area (Å²) in [7, 11) is 0. The second-order valence-electron chi connectivity index (χ2n) is 10.3. The molecule has 6 rings (SSSR count). The molecule has 26 heavy (non-hydrogen) atoms. The highest BCUT2D eigenvalue weighted by atomic mass is 16.3. The Morgan fingerprint density at radius 1 is 1.15 bits per heavy atom. The molecule has 3 heteroatoms. The van der Waals surface area contributed by atoms with Gasteiger partial charge < -0.3 is 4.90 Å². The Hall–Kier alpha value is -1.22. The molecule has 0 radical (unpaired) electrons. The molecule has 4 aliphatic carbocycles. The summed E-state index contributed by atoms with van der Waals surface area (Å²) >= 11 is 0. The van der Waals surface area contributed by atoms with Gasteiger partial charge in [-0.15, -0.1) is 0 Å². The summed E-state index contributed by atoms with van der Waals surface area (Å²) in [6, 6.07) is 6.61. The Labute approximate surface area is 156 Å². The smallest absolute Gasteiger partial charge is 0.118 e. The van der Waals surface area contributed by atoms with Crippen LogP contribution < -0.4 is 0 Å². The summed E-state index contributed by atoms with van der Waals surface area (Å²) in [6.07, 6.45) is 9.50. The van der Waals surface area contributed by atoms with E-state index in [9.17, 15) is 4.91 Å². The predicted molar refractivity (Wildman–Crippen MR) is 103 cm³/mol. The molecule has 1 aliphatic heterocycles. The third-order valence-electron chi connectivity index (χ3n) is 9.21. The minimum atomic E-state index is -0.117. The molecule has 3 saturated carbocycles. The van der Waals surface area contributed by atoms with Crippen LogP contribution in [0.25, 0.3) is 0 Å². The van der Waals surface area contributed by atoms with Crippen molar-refractivity contribution in [3.8, 4) is 0 Å². The fourth-order valence-electron chi connectivity index (χ4n) is 7.77. The van der Waals surface area contributed by atoms with Crippen LogP contribution in [0.3, 0.4) is 0 Å². The molecular formula is C23H30N2O. The molecule has 3 unspecified atom stereocenters. The van der Waals surface area contributed by atoms with Crippen molar-refractivity contribution >= 4 is 0 Å². The minimum absolute atomic E-state index is 0.117. The molecule has 5 aliphatic rings. The highest BCUT2D eigenvalue weighted by molar-refractivity contribution is 5.45. The van der Waals surface area contributed by atoms with E-state index in [2.05, 4.69) is 35.2 Å². The van der Waals surface area contributed by atoms with Gasteiger partial charge in [0.25, 0.3) is 0 Å². The zero-order valence-electron chi connectivity index (χ0n) is 15.9. The number of hydrogen-bond acceptors (Lipinski definition) is 3. The minimum Gasteiger partial charge on any atom is -0.303 e. The average Bonchev–Trinajstić information content (AvgIpc) is 3.19. The van der Waals surface area contributed by atoms with Gasteiger partial charge in [0.1, 0.15) is 6.04 Å². The number of nitroso groups, excluding NO2 is 1. The van der Waals surface area contributed by atoms with Crippen molar-refractivity contribution in [1.82, 2.24) is 4.90 Å². The zero-order chi connectivity index (χ0) is 17.5. The van der Waals surface area contributed by atoms with Gasteiger partial charge in [0, 0.05) is 12.0 Å². The maximum absolute atomic E-state index is 11.4. The van der Waals surface area contributed by atoms with Gasteiger partial charge in [-0.2, -0.15) is 4.91 Å². The van der Waals surface area contributed by atoms with Crippen LogP contribution in [0.15, 0.2) is 23.4 Å². The van der Waals surface area contributed by atoms with Crippen LogP contribution in [0.1, 0.15) is 67.7 Å². The molecular weight excluding hydrogens is 320 g/mol. The summed E-state index contributed by atoms with van der Waals surface area (Å²) in [5, 5.41) is 3.49. The average molecular weight is 351 g/mol. The third kappa shape index (κ3) is 1.99. The predicted octanol–water partition coefficient (Wildman–Crippen LogP) is 4.98. The van der Waals surface area contributed by atoms with Gasteiger partial charge in [0.2, 0.25) is 0 Å². The number of nitrogens with zero attached hydrogens (tertiary/aromatic N) is 2. The second kappa shape index (κ2) is 5.19. The quantitative estimate of drug-likeness (QED) is 0.721. The van der Waals surface area contributed by atoms with Gasteiger partial charge >= 0.3 is 0 Å². The second-order valence-corrected chi connectivity index (χ2v) is 10.3. The molecule has 1 aromatic rings. The Morgan fingerprint density at radius 2 is 2.00 bits per heavy atom. The van der Waals surface area contributed by atoms with E-state index < -0.39 is 0 Å². The van der Waals surface area contributed by atoms with Crippen LogP contribution in [-0.2, 0) is 5.41 Å². The summed E-state index contributed by atoms with van der Waals surface area (Å²) < 4.78 is 0. The van der Waals surface area contributed by atoms with Crippen LogP contribution in [0.5, 0.6) is 0 Å². The number of piperidine rings is 1. The number of hydrogen-bond donors (Lipinski definition) is 0. The van der Waals surface area contributed by atoms with E-state index in [0.717, 1.165) is 29.6 Å². The lowest BCUT2D eigenvalue weighted by Gasteiger charge is -2.48. The van der Waals surface area contributed by atoms with E-state index in [1.54, 1.807) is 6.42 Å². The maximum atomic E-state index is 11.4. The molecule has 1 aromatic carbocycles. The number of fused-ring (bicyclic) bond motifs is 2. The Morgan fingerprint density at radius 3 is 2.73 bits per heavy atom. The van der Waals surface area contributed by atoms with Gasteiger partial charge in [-0.05, 0) is 99.3 Å². The van der Waals surface area contributed by atoms with Crippen LogP contribution in [0.4, 0.5) is 0 Å². The highest BCUT2D eigenvalue weighted by Crippen LogP contribution is 2.77. The lowest BCUT2D eigenvalue weighted by Crippen LogP contribution is -2.48. The van der Waals surface area contributed by atoms with E-state index in [-0.39, 0.29) is 11.5 Å². The Balaban J connectivity index is 1.15. The molecule has 4 fully saturated rings. The van der Waals surface area contributed by atoms with E-state index in [1.165, 1.54) is 68.4 Å². The van der Waals surface area contributed by atoms with Crippen molar-refractivity contribution in [3.63, 3.8) is 0 Å². The van der Waals surface area contributed by atoms with Crippen LogP contribution in [0.2, 0.25) is 0 Å². The zero-order valence-corrected chi connectivity index (χ0v) is 15.9. The van der Waals surface area contributed by atoms with Gasteiger partial charge in [-0.1, -0.05) is 28.9 Å². The monoisotopic (exact) mass is 350 g/mol.